The lowest BCUT2D eigenvalue weighted by atomic mass is 9.92. The number of carbonyl (C=O) groups is 2. The van der Waals surface area contributed by atoms with Gasteiger partial charge >= 0.3 is 5.97 Å². The number of allylic oxidation sites excluding steroid dienone is 1. The quantitative estimate of drug-likeness (QED) is 0.655. The van der Waals surface area contributed by atoms with Crippen LogP contribution in [0.3, 0.4) is 0 Å². The number of amides is 1. The van der Waals surface area contributed by atoms with Gasteiger partial charge in [0.05, 0.1) is 6.42 Å². The predicted octanol–water partition coefficient (Wildman–Crippen LogP) is 0.917. The van der Waals surface area contributed by atoms with Crippen molar-refractivity contribution in [1.29, 1.82) is 0 Å². The number of rotatable bonds is 1. The maximum absolute atomic E-state index is 11.2. The van der Waals surface area contributed by atoms with E-state index in [1.165, 1.54) is 4.90 Å². The van der Waals surface area contributed by atoms with Gasteiger partial charge in [0.1, 0.15) is 5.76 Å². The second-order valence-corrected chi connectivity index (χ2v) is 4.77. The summed E-state index contributed by atoms with van der Waals surface area (Å²) in [5, 5.41) is 9.06. The van der Waals surface area contributed by atoms with Gasteiger partial charge in [0.15, 0.2) is 11.9 Å². The Bertz CT molecular complexity index is 377. The number of carboxylic acid groups (broad SMARTS) is 1. The largest absolute Gasteiger partial charge is 0.476 e. The Labute approximate surface area is 87.3 Å². The number of nitrogens with zero attached hydrogens (tertiary/aromatic N) is 1. The molecule has 0 aromatic heterocycles. The molecule has 1 N–H and O–H groups in total. The molecule has 0 aromatic carbocycles. The van der Waals surface area contributed by atoms with Crippen LogP contribution < -0.4 is 0 Å². The van der Waals surface area contributed by atoms with Gasteiger partial charge in [0.25, 0.3) is 0 Å². The molecule has 0 spiro atoms. The van der Waals surface area contributed by atoms with Gasteiger partial charge in [-0.25, -0.2) is 4.79 Å². The number of ether oxygens (including phenoxy) is 1. The zero-order chi connectivity index (χ0) is 11.4. The van der Waals surface area contributed by atoms with E-state index >= 15 is 0 Å². The van der Waals surface area contributed by atoms with Crippen LogP contribution in [0.15, 0.2) is 11.5 Å². The van der Waals surface area contributed by atoms with Gasteiger partial charge in [-0.3, -0.25) is 9.69 Å². The SMILES string of the molecule is CC(C)(C)C1=C(C(=O)O)N2C(=O)CC2O1. The number of carboxylic acids is 1. The van der Waals surface area contributed by atoms with Crippen LogP contribution in [0.5, 0.6) is 0 Å². The lowest BCUT2D eigenvalue weighted by Gasteiger charge is -2.32. The third kappa shape index (κ3) is 1.30. The predicted molar refractivity (Wildman–Crippen MR) is 50.5 cm³/mol. The lowest BCUT2D eigenvalue weighted by molar-refractivity contribution is -0.158. The van der Waals surface area contributed by atoms with Crippen molar-refractivity contribution < 1.29 is 19.4 Å². The Morgan fingerprint density at radius 3 is 2.53 bits per heavy atom. The van der Waals surface area contributed by atoms with E-state index in [4.69, 9.17) is 9.84 Å². The van der Waals surface area contributed by atoms with Gasteiger partial charge < -0.3 is 9.84 Å². The summed E-state index contributed by atoms with van der Waals surface area (Å²) >= 11 is 0. The van der Waals surface area contributed by atoms with Crippen molar-refractivity contribution in [2.24, 2.45) is 5.41 Å². The van der Waals surface area contributed by atoms with Crippen LogP contribution in [0.1, 0.15) is 27.2 Å². The van der Waals surface area contributed by atoms with Crippen molar-refractivity contribution in [1.82, 2.24) is 4.90 Å². The summed E-state index contributed by atoms with van der Waals surface area (Å²) in [5.41, 5.74) is -0.394. The molecule has 0 saturated carbocycles. The zero-order valence-corrected chi connectivity index (χ0v) is 8.90. The molecular formula is C10H13NO4. The Morgan fingerprint density at radius 2 is 2.13 bits per heavy atom. The van der Waals surface area contributed by atoms with E-state index in [0.29, 0.717) is 5.76 Å². The molecule has 1 atom stereocenters. The fourth-order valence-corrected chi connectivity index (χ4v) is 1.78. The molecule has 5 heteroatoms. The number of β-lactam (4-membered cyclic amide) rings is 1. The lowest BCUT2D eigenvalue weighted by Crippen LogP contribution is -2.50. The Hall–Kier alpha value is -1.52. The number of hydrogen-bond acceptors (Lipinski definition) is 3. The Kier molecular flexibility index (Phi) is 1.83. The van der Waals surface area contributed by atoms with Crippen LogP contribution in [0.2, 0.25) is 0 Å². The molecule has 0 bridgehead atoms. The Balaban J connectivity index is 2.44. The highest BCUT2D eigenvalue weighted by Crippen LogP contribution is 2.43. The van der Waals surface area contributed by atoms with E-state index in [9.17, 15) is 9.59 Å². The second-order valence-electron chi connectivity index (χ2n) is 4.77. The first kappa shape index (κ1) is 10.0. The molecule has 15 heavy (non-hydrogen) atoms. The summed E-state index contributed by atoms with van der Waals surface area (Å²) < 4.78 is 5.47. The molecule has 1 amide bonds. The van der Waals surface area contributed by atoms with Gasteiger partial charge in [-0.15, -0.1) is 0 Å². The van der Waals surface area contributed by atoms with E-state index in [1.54, 1.807) is 0 Å². The maximum atomic E-state index is 11.2. The monoisotopic (exact) mass is 211 g/mol. The average molecular weight is 211 g/mol. The molecule has 82 valence electrons. The van der Waals surface area contributed by atoms with Gasteiger partial charge in [-0.05, 0) is 0 Å². The van der Waals surface area contributed by atoms with Crippen LogP contribution in [0.4, 0.5) is 0 Å². The van der Waals surface area contributed by atoms with E-state index < -0.39 is 17.6 Å². The fraction of sp³-hybridized carbons (Fsp3) is 0.600. The normalized spacial score (nSPS) is 24.9. The van der Waals surface area contributed by atoms with E-state index in [0.717, 1.165) is 0 Å². The van der Waals surface area contributed by atoms with Gasteiger partial charge in [0.2, 0.25) is 5.91 Å². The highest BCUT2D eigenvalue weighted by atomic mass is 16.5. The maximum Gasteiger partial charge on any atom is 0.356 e. The molecule has 2 aliphatic heterocycles. The fourth-order valence-electron chi connectivity index (χ4n) is 1.78. The first-order valence-electron chi connectivity index (χ1n) is 4.79. The van der Waals surface area contributed by atoms with Crippen molar-refractivity contribution in [2.45, 2.75) is 33.4 Å². The molecule has 2 rings (SSSR count). The molecule has 0 radical (unpaired) electrons. The molecule has 1 fully saturated rings. The molecule has 2 aliphatic rings. The number of fused-ring (bicyclic) bond motifs is 1. The standard InChI is InChI=1S/C10H13NO4/c1-10(2,3)8-7(9(13)14)11-5(12)4-6(11)15-8/h6H,4H2,1-3H3,(H,13,14). The summed E-state index contributed by atoms with van der Waals surface area (Å²) in [5.74, 6) is -0.891. The van der Waals surface area contributed by atoms with Gasteiger partial charge in [-0.1, -0.05) is 20.8 Å². The zero-order valence-electron chi connectivity index (χ0n) is 8.90. The Morgan fingerprint density at radius 1 is 1.53 bits per heavy atom. The molecule has 0 aromatic rings. The number of aliphatic carboxylic acids is 1. The highest BCUT2D eigenvalue weighted by molar-refractivity contribution is 5.97. The third-order valence-corrected chi connectivity index (χ3v) is 2.50. The summed E-state index contributed by atoms with van der Waals surface area (Å²) in [6.45, 7) is 5.59. The minimum Gasteiger partial charge on any atom is -0.476 e. The topological polar surface area (TPSA) is 66.8 Å². The van der Waals surface area contributed by atoms with Gasteiger partial charge in [0, 0.05) is 5.41 Å². The first-order chi connectivity index (χ1) is 6.82. The number of hydrogen-bond donors (Lipinski definition) is 1. The highest BCUT2D eigenvalue weighted by Gasteiger charge is 2.51. The van der Waals surface area contributed by atoms with Crippen molar-refractivity contribution in [3.8, 4) is 0 Å². The minimum absolute atomic E-state index is 0.00347. The molecule has 1 unspecified atom stereocenters. The molecular weight excluding hydrogens is 198 g/mol. The van der Waals surface area contributed by atoms with Crippen LogP contribution in [-0.4, -0.2) is 28.1 Å². The van der Waals surface area contributed by atoms with Gasteiger partial charge in [-0.2, -0.15) is 0 Å². The van der Waals surface area contributed by atoms with Crippen LogP contribution in [-0.2, 0) is 14.3 Å². The van der Waals surface area contributed by atoms with Crippen molar-refractivity contribution in [2.75, 3.05) is 0 Å². The summed E-state index contributed by atoms with van der Waals surface area (Å²) in [4.78, 5) is 23.5. The molecule has 0 aliphatic carbocycles. The minimum atomic E-state index is -1.10. The third-order valence-electron chi connectivity index (χ3n) is 2.50. The second kappa shape index (κ2) is 2.74. The van der Waals surface area contributed by atoms with Crippen LogP contribution >= 0.6 is 0 Å². The summed E-state index contributed by atoms with van der Waals surface area (Å²) in [6, 6.07) is 0. The summed E-state index contributed by atoms with van der Waals surface area (Å²) in [7, 11) is 0. The smallest absolute Gasteiger partial charge is 0.356 e. The number of carbonyl (C=O) groups excluding carboxylic acids is 1. The molecule has 1 saturated heterocycles. The molecule has 5 nitrogen and oxygen atoms in total. The van der Waals surface area contributed by atoms with Crippen molar-refractivity contribution in [3.63, 3.8) is 0 Å². The van der Waals surface area contributed by atoms with Crippen molar-refractivity contribution >= 4 is 11.9 Å². The van der Waals surface area contributed by atoms with E-state index in [1.807, 2.05) is 20.8 Å². The molecule has 2 heterocycles. The summed E-state index contributed by atoms with van der Waals surface area (Å²) in [6.07, 6.45) is -0.117. The average Bonchev–Trinajstić information content (AvgIpc) is 2.36. The van der Waals surface area contributed by atoms with E-state index in [2.05, 4.69) is 0 Å². The van der Waals surface area contributed by atoms with Crippen molar-refractivity contribution in [3.05, 3.63) is 11.5 Å². The van der Waals surface area contributed by atoms with Crippen LogP contribution in [0, 0.1) is 5.41 Å². The van der Waals surface area contributed by atoms with E-state index in [-0.39, 0.29) is 18.0 Å². The first-order valence-corrected chi connectivity index (χ1v) is 4.79. The van der Waals surface area contributed by atoms with Crippen LogP contribution in [0.25, 0.3) is 0 Å².